The van der Waals surface area contributed by atoms with E-state index in [4.69, 9.17) is 18.4 Å². The molecule has 0 aliphatic heterocycles. The van der Waals surface area contributed by atoms with Crippen LogP contribution in [-0.4, -0.2) is 48.6 Å². The summed E-state index contributed by atoms with van der Waals surface area (Å²) in [5, 5.41) is 0. The lowest BCUT2D eigenvalue weighted by Crippen LogP contribution is -2.16. The fourth-order valence-electron chi connectivity index (χ4n) is 2.90. The Bertz CT molecular complexity index is 888. The molecule has 0 radical (unpaired) electrons. The van der Waals surface area contributed by atoms with Crippen LogP contribution >= 0.6 is 0 Å². The Balaban J connectivity index is 2.06. The maximum absolute atomic E-state index is 13.0. The van der Waals surface area contributed by atoms with E-state index in [2.05, 4.69) is 0 Å². The molecule has 7 heteroatoms. The van der Waals surface area contributed by atoms with Gasteiger partial charge in [0.15, 0.2) is 0 Å². The topological polar surface area (TPSA) is 71.1 Å². The van der Waals surface area contributed by atoms with Gasteiger partial charge in [0.2, 0.25) is 0 Å². The van der Waals surface area contributed by atoms with Gasteiger partial charge in [0, 0.05) is 7.11 Å². The van der Waals surface area contributed by atoms with Crippen molar-refractivity contribution in [2.45, 2.75) is 43.9 Å². The van der Waals surface area contributed by atoms with E-state index < -0.39 is 10.1 Å². The first-order valence-corrected chi connectivity index (χ1v) is 11.9. The molecule has 31 heavy (non-hydrogen) atoms. The van der Waals surface area contributed by atoms with E-state index in [1.807, 2.05) is 57.2 Å². The van der Waals surface area contributed by atoms with Crippen molar-refractivity contribution in [2.24, 2.45) is 0 Å². The summed E-state index contributed by atoms with van der Waals surface area (Å²) < 4.78 is 47.3. The first kappa shape index (κ1) is 25.3. The molecule has 0 saturated heterocycles. The Morgan fingerprint density at radius 3 is 2.26 bits per heavy atom. The summed E-state index contributed by atoms with van der Waals surface area (Å²) in [4.78, 5) is 0.0523. The predicted molar refractivity (Wildman–Crippen MR) is 121 cm³/mol. The number of methoxy groups -OCH3 is 1. The molecular formula is C24H34O6S. The van der Waals surface area contributed by atoms with Gasteiger partial charge >= 0.3 is 10.1 Å². The van der Waals surface area contributed by atoms with Gasteiger partial charge in [-0.05, 0) is 41.5 Å². The van der Waals surface area contributed by atoms with Crippen molar-refractivity contribution >= 4 is 10.1 Å². The summed E-state index contributed by atoms with van der Waals surface area (Å²) in [7, 11) is -2.36. The Kier molecular flexibility index (Phi) is 9.96. The van der Waals surface area contributed by atoms with Gasteiger partial charge in [-0.3, -0.25) is 4.18 Å². The highest BCUT2D eigenvalue weighted by Crippen LogP contribution is 2.32. The fraction of sp³-hybridized carbons (Fsp3) is 0.500. The molecule has 0 N–H and O–H groups in total. The lowest BCUT2D eigenvalue weighted by molar-refractivity contribution is 0.0539. The summed E-state index contributed by atoms with van der Waals surface area (Å²) in [6, 6.07) is 15.1. The molecule has 0 aliphatic rings. The SMILES string of the molecule is COCCOCCOc1ccc(C(C)(C)C)cc1S(=O)(=O)OCCCc1ccccc1. The minimum atomic E-state index is -3.97. The summed E-state index contributed by atoms with van der Waals surface area (Å²) >= 11 is 0. The zero-order chi connectivity index (χ0) is 22.7. The van der Waals surface area contributed by atoms with Gasteiger partial charge in [-0.15, -0.1) is 0 Å². The average molecular weight is 451 g/mol. The minimum Gasteiger partial charge on any atom is -0.490 e. The van der Waals surface area contributed by atoms with Crippen LogP contribution in [0.1, 0.15) is 38.3 Å². The van der Waals surface area contributed by atoms with Crippen LogP contribution in [0.25, 0.3) is 0 Å². The first-order valence-electron chi connectivity index (χ1n) is 10.5. The first-order chi connectivity index (χ1) is 14.7. The van der Waals surface area contributed by atoms with E-state index in [-0.39, 0.29) is 29.3 Å². The lowest BCUT2D eigenvalue weighted by Gasteiger charge is -2.21. The Hall–Kier alpha value is -1.93. The molecule has 172 valence electrons. The van der Waals surface area contributed by atoms with Crippen molar-refractivity contribution in [3.8, 4) is 5.75 Å². The van der Waals surface area contributed by atoms with Crippen LogP contribution in [0, 0.1) is 0 Å². The molecule has 0 amide bonds. The third-order valence-electron chi connectivity index (χ3n) is 4.69. The van der Waals surface area contributed by atoms with Crippen LogP contribution in [-0.2, 0) is 35.6 Å². The zero-order valence-electron chi connectivity index (χ0n) is 18.9. The Labute approximate surface area is 186 Å². The van der Waals surface area contributed by atoms with Gasteiger partial charge in [0.25, 0.3) is 0 Å². The van der Waals surface area contributed by atoms with Crippen molar-refractivity contribution in [1.29, 1.82) is 0 Å². The van der Waals surface area contributed by atoms with Crippen molar-refractivity contribution in [1.82, 2.24) is 0 Å². The molecule has 0 fully saturated rings. The smallest absolute Gasteiger partial charge is 0.300 e. The second kappa shape index (κ2) is 12.2. The van der Waals surface area contributed by atoms with Gasteiger partial charge in [-0.25, -0.2) is 0 Å². The van der Waals surface area contributed by atoms with Gasteiger partial charge in [0.1, 0.15) is 17.3 Å². The molecule has 0 atom stereocenters. The average Bonchev–Trinajstić information content (AvgIpc) is 2.74. The van der Waals surface area contributed by atoms with E-state index in [0.717, 1.165) is 17.5 Å². The lowest BCUT2D eigenvalue weighted by atomic mass is 9.87. The largest absolute Gasteiger partial charge is 0.490 e. The highest BCUT2D eigenvalue weighted by Gasteiger charge is 2.24. The Morgan fingerprint density at radius 2 is 1.58 bits per heavy atom. The monoisotopic (exact) mass is 450 g/mol. The predicted octanol–water partition coefficient (Wildman–Crippen LogP) is 4.36. The molecule has 0 unspecified atom stereocenters. The standard InChI is InChI=1S/C24H34O6S/c1-24(2,3)21-12-13-22(29-18-17-28-16-15-27-4)23(19-21)31(25,26)30-14-8-11-20-9-6-5-7-10-20/h5-7,9-10,12-13,19H,8,11,14-18H2,1-4H3. The molecule has 0 spiro atoms. The number of hydrogen-bond donors (Lipinski definition) is 0. The van der Waals surface area contributed by atoms with Crippen LogP contribution in [0.3, 0.4) is 0 Å². The third-order valence-corrected chi connectivity index (χ3v) is 6.02. The molecule has 0 saturated carbocycles. The maximum atomic E-state index is 13.0. The highest BCUT2D eigenvalue weighted by atomic mass is 32.2. The van der Waals surface area contributed by atoms with Crippen LogP contribution in [0.4, 0.5) is 0 Å². The third kappa shape index (κ3) is 8.61. The van der Waals surface area contributed by atoms with E-state index >= 15 is 0 Å². The number of ether oxygens (including phenoxy) is 3. The van der Waals surface area contributed by atoms with E-state index in [9.17, 15) is 8.42 Å². The van der Waals surface area contributed by atoms with Crippen molar-refractivity contribution < 1.29 is 26.8 Å². The van der Waals surface area contributed by atoms with Gasteiger partial charge in [-0.2, -0.15) is 8.42 Å². The highest BCUT2D eigenvalue weighted by molar-refractivity contribution is 7.86. The van der Waals surface area contributed by atoms with Crippen LogP contribution in [0.5, 0.6) is 5.75 Å². The number of hydrogen-bond acceptors (Lipinski definition) is 6. The van der Waals surface area contributed by atoms with Crippen molar-refractivity contribution in [3.05, 3.63) is 59.7 Å². The molecule has 6 nitrogen and oxygen atoms in total. The fourth-order valence-corrected chi connectivity index (χ4v) is 4.01. The molecule has 0 aromatic heterocycles. The maximum Gasteiger partial charge on any atom is 0.300 e. The zero-order valence-corrected chi connectivity index (χ0v) is 19.7. The molecule has 2 rings (SSSR count). The Morgan fingerprint density at radius 1 is 0.871 bits per heavy atom. The van der Waals surface area contributed by atoms with Crippen LogP contribution in [0.15, 0.2) is 53.4 Å². The van der Waals surface area contributed by atoms with Gasteiger partial charge in [0.05, 0.1) is 26.4 Å². The van der Waals surface area contributed by atoms with Gasteiger partial charge in [-0.1, -0.05) is 57.2 Å². The number of benzene rings is 2. The normalized spacial score (nSPS) is 12.1. The molecule has 0 bridgehead atoms. The molecule has 2 aromatic carbocycles. The quantitative estimate of drug-likeness (QED) is 0.333. The summed E-state index contributed by atoms with van der Waals surface area (Å²) in [6.45, 7) is 7.72. The van der Waals surface area contributed by atoms with Crippen molar-refractivity contribution in [2.75, 3.05) is 40.1 Å². The minimum absolute atomic E-state index is 0.0523. The van der Waals surface area contributed by atoms with Gasteiger partial charge < -0.3 is 14.2 Å². The number of aryl methyl sites for hydroxylation is 1. The van der Waals surface area contributed by atoms with Crippen LogP contribution < -0.4 is 4.74 Å². The summed E-state index contributed by atoms with van der Waals surface area (Å²) in [6.07, 6.45) is 1.35. The molecule has 0 heterocycles. The second-order valence-electron chi connectivity index (χ2n) is 8.23. The van der Waals surface area contributed by atoms with Crippen molar-refractivity contribution in [3.63, 3.8) is 0 Å². The number of rotatable bonds is 13. The molecule has 0 aliphatic carbocycles. The van der Waals surface area contributed by atoms with Crippen LogP contribution in [0.2, 0.25) is 0 Å². The second-order valence-corrected chi connectivity index (χ2v) is 9.81. The van der Waals surface area contributed by atoms with E-state index in [1.54, 1.807) is 19.2 Å². The molecule has 2 aromatic rings. The molecular weight excluding hydrogens is 416 g/mol. The van der Waals surface area contributed by atoms with E-state index in [0.29, 0.717) is 26.2 Å². The summed E-state index contributed by atoms with van der Waals surface area (Å²) in [5.41, 5.74) is 1.83. The van der Waals surface area contributed by atoms with E-state index in [1.165, 1.54) is 0 Å². The summed E-state index contributed by atoms with van der Waals surface area (Å²) in [5.74, 6) is 0.270.